The molecular weight excluding hydrogens is 326 g/mol. The largest absolute Gasteiger partial charge is 0.507 e. The fourth-order valence-electron chi connectivity index (χ4n) is 2.88. The van der Waals surface area contributed by atoms with Gasteiger partial charge < -0.3 is 14.7 Å². The number of para-hydroxylation sites is 1. The number of carbonyl (C=O) groups excluding carboxylic acids is 1. The standard InChI is InChI=1S/C19H20ClNO3/c1-13-3-2-4-17(18(13)22)19(23)21-11-9-16(10-12-21)24-15-7-5-14(20)6-8-15/h2-8,16,22H,9-12H2,1H3. The Kier molecular flexibility index (Phi) is 4.95. The van der Waals surface area contributed by atoms with Crippen LogP contribution in [0.2, 0.25) is 5.02 Å². The van der Waals surface area contributed by atoms with E-state index in [9.17, 15) is 9.90 Å². The van der Waals surface area contributed by atoms with Crippen LogP contribution in [-0.2, 0) is 0 Å². The number of carbonyl (C=O) groups is 1. The summed E-state index contributed by atoms with van der Waals surface area (Å²) in [5, 5.41) is 10.8. The summed E-state index contributed by atoms with van der Waals surface area (Å²) in [5.74, 6) is 0.740. The van der Waals surface area contributed by atoms with Crippen molar-refractivity contribution < 1.29 is 14.6 Å². The predicted octanol–water partition coefficient (Wildman–Crippen LogP) is 4.04. The third kappa shape index (κ3) is 3.65. The van der Waals surface area contributed by atoms with Crippen molar-refractivity contribution in [1.29, 1.82) is 0 Å². The normalized spacial score (nSPS) is 15.3. The Hall–Kier alpha value is -2.20. The van der Waals surface area contributed by atoms with Crippen molar-refractivity contribution in [2.45, 2.75) is 25.9 Å². The third-order valence-corrected chi connectivity index (χ3v) is 4.57. The summed E-state index contributed by atoms with van der Waals surface area (Å²) < 4.78 is 5.94. The van der Waals surface area contributed by atoms with Crippen LogP contribution in [0.25, 0.3) is 0 Å². The van der Waals surface area contributed by atoms with Gasteiger partial charge in [-0.05, 0) is 42.8 Å². The summed E-state index contributed by atoms with van der Waals surface area (Å²) in [6.07, 6.45) is 1.61. The zero-order chi connectivity index (χ0) is 17.1. The number of phenols is 1. The number of nitrogens with zero attached hydrogens (tertiary/aromatic N) is 1. The highest BCUT2D eigenvalue weighted by Gasteiger charge is 2.26. The molecule has 1 aliphatic rings. The van der Waals surface area contributed by atoms with Crippen LogP contribution >= 0.6 is 11.6 Å². The third-order valence-electron chi connectivity index (χ3n) is 4.31. The van der Waals surface area contributed by atoms with Crippen LogP contribution in [0, 0.1) is 6.92 Å². The number of phenolic OH excluding ortho intramolecular Hbond substituents is 1. The Bertz CT molecular complexity index is 722. The number of rotatable bonds is 3. The Morgan fingerprint density at radius 1 is 1.17 bits per heavy atom. The number of likely N-dealkylation sites (tertiary alicyclic amines) is 1. The van der Waals surface area contributed by atoms with Crippen molar-refractivity contribution >= 4 is 17.5 Å². The fraction of sp³-hybridized carbons (Fsp3) is 0.316. The number of aromatic hydroxyl groups is 1. The highest BCUT2D eigenvalue weighted by Crippen LogP contribution is 2.25. The van der Waals surface area contributed by atoms with E-state index in [0.29, 0.717) is 29.2 Å². The number of hydrogen-bond donors (Lipinski definition) is 1. The van der Waals surface area contributed by atoms with E-state index in [4.69, 9.17) is 16.3 Å². The van der Waals surface area contributed by atoms with Gasteiger partial charge in [0.15, 0.2) is 0 Å². The molecule has 1 heterocycles. The first-order chi connectivity index (χ1) is 11.5. The van der Waals surface area contributed by atoms with Crippen molar-refractivity contribution in [3.05, 3.63) is 58.6 Å². The second kappa shape index (κ2) is 7.14. The highest BCUT2D eigenvalue weighted by atomic mass is 35.5. The van der Waals surface area contributed by atoms with Crippen molar-refractivity contribution in [2.75, 3.05) is 13.1 Å². The van der Waals surface area contributed by atoms with E-state index in [-0.39, 0.29) is 17.8 Å². The zero-order valence-corrected chi connectivity index (χ0v) is 14.3. The van der Waals surface area contributed by atoms with Crippen LogP contribution < -0.4 is 4.74 Å². The average molecular weight is 346 g/mol. The minimum absolute atomic E-state index is 0.0713. The molecule has 1 saturated heterocycles. The Labute approximate surface area is 146 Å². The first kappa shape index (κ1) is 16.7. The SMILES string of the molecule is Cc1cccc(C(=O)N2CCC(Oc3ccc(Cl)cc3)CC2)c1O. The van der Waals surface area contributed by atoms with E-state index in [0.717, 1.165) is 18.6 Å². The maximum absolute atomic E-state index is 12.6. The summed E-state index contributed by atoms with van der Waals surface area (Å²) in [4.78, 5) is 14.4. The Morgan fingerprint density at radius 2 is 1.83 bits per heavy atom. The summed E-state index contributed by atoms with van der Waals surface area (Å²) in [7, 11) is 0. The number of aryl methyl sites for hydroxylation is 1. The van der Waals surface area contributed by atoms with Crippen molar-refractivity contribution in [3.63, 3.8) is 0 Å². The molecule has 0 aliphatic carbocycles. The second-order valence-corrected chi connectivity index (χ2v) is 6.47. The smallest absolute Gasteiger partial charge is 0.257 e. The number of halogens is 1. The summed E-state index contributed by atoms with van der Waals surface area (Å²) in [6.45, 7) is 3.02. The van der Waals surface area contributed by atoms with Crippen molar-refractivity contribution in [2.24, 2.45) is 0 Å². The van der Waals surface area contributed by atoms with E-state index in [1.165, 1.54) is 0 Å². The maximum atomic E-state index is 12.6. The predicted molar refractivity (Wildman–Crippen MR) is 93.8 cm³/mol. The van der Waals surface area contributed by atoms with E-state index < -0.39 is 0 Å². The molecule has 126 valence electrons. The molecule has 5 heteroatoms. The Morgan fingerprint density at radius 3 is 2.50 bits per heavy atom. The van der Waals surface area contributed by atoms with Gasteiger partial charge in [-0.2, -0.15) is 0 Å². The molecular formula is C19H20ClNO3. The van der Waals surface area contributed by atoms with Gasteiger partial charge in [0.25, 0.3) is 5.91 Å². The lowest BCUT2D eigenvalue weighted by atomic mass is 10.0. The van der Waals surface area contributed by atoms with Gasteiger partial charge in [-0.15, -0.1) is 0 Å². The molecule has 1 aliphatic heterocycles. The van der Waals surface area contributed by atoms with Crippen molar-refractivity contribution in [1.82, 2.24) is 4.90 Å². The van der Waals surface area contributed by atoms with Crippen LogP contribution in [0.1, 0.15) is 28.8 Å². The number of benzene rings is 2. The summed E-state index contributed by atoms with van der Waals surface area (Å²) >= 11 is 5.87. The molecule has 0 atom stereocenters. The molecule has 0 saturated carbocycles. The number of ether oxygens (including phenoxy) is 1. The molecule has 0 unspecified atom stereocenters. The van der Waals surface area contributed by atoms with Gasteiger partial charge in [-0.25, -0.2) is 0 Å². The maximum Gasteiger partial charge on any atom is 0.257 e. The number of piperidine rings is 1. The average Bonchev–Trinajstić information content (AvgIpc) is 2.59. The van der Waals surface area contributed by atoms with Gasteiger partial charge in [0.05, 0.1) is 5.56 Å². The molecule has 2 aromatic carbocycles. The minimum Gasteiger partial charge on any atom is -0.507 e. The molecule has 0 aromatic heterocycles. The lowest BCUT2D eigenvalue weighted by Crippen LogP contribution is -2.41. The van der Waals surface area contributed by atoms with Gasteiger partial charge in [-0.1, -0.05) is 23.7 Å². The summed E-state index contributed by atoms with van der Waals surface area (Å²) in [5.41, 5.74) is 1.08. The first-order valence-electron chi connectivity index (χ1n) is 8.04. The van der Waals surface area contributed by atoms with Gasteiger partial charge in [-0.3, -0.25) is 4.79 Å². The lowest BCUT2D eigenvalue weighted by molar-refractivity contribution is 0.0593. The highest BCUT2D eigenvalue weighted by molar-refractivity contribution is 6.30. The molecule has 1 fully saturated rings. The molecule has 4 nitrogen and oxygen atoms in total. The first-order valence-corrected chi connectivity index (χ1v) is 8.42. The summed E-state index contributed by atoms with van der Waals surface area (Å²) in [6, 6.07) is 12.6. The zero-order valence-electron chi connectivity index (χ0n) is 13.5. The van der Waals surface area contributed by atoms with Crippen LogP contribution in [-0.4, -0.2) is 35.1 Å². The molecule has 24 heavy (non-hydrogen) atoms. The van der Waals surface area contributed by atoms with Crippen molar-refractivity contribution in [3.8, 4) is 11.5 Å². The van der Waals surface area contributed by atoms with Crippen LogP contribution in [0.15, 0.2) is 42.5 Å². The lowest BCUT2D eigenvalue weighted by Gasteiger charge is -2.32. The fourth-order valence-corrected chi connectivity index (χ4v) is 3.01. The van der Waals surface area contributed by atoms with Crippen LogP contribution in [0.5, 0.6) is 11.5 Å². The molecule has 0 spiro atoms. The van der Waals surface area contributed by atoms with E-state index in [1.807, 2.05) is 12.1 Å². The number of hydrogen-bond acceptors (Lipinski definition) is 3. The van der Waals surface area contributed by atoms with Gasteiger partial charge in [0.2, 0.25) is 0 Å². The topological polar surface area (TPSA) is 49.8 Å². The molecule has 1 N–H and O–H groups in total. The van der Waals surface area contributed by atoms with E-state index >= 15 is 0 Å². The van der Waals surface area contributed by atoms with Crippen LogP contribution in [0.4, 0.5) is 0 Å². The molecule has 0 bridgehead atoms. The molecule has 2 aromatic rings. The Balaban J connectivity index is 1.59. The van der Waals surface area contributed by atoms with E-state index in [1.54, 1.807) is 42.2 Å². The van der Waals surface area contributed by atoms with Gasteiger partial charge in [0, 0.05) is 31.0 Å². The van der Waals surface area contributed by atoms with E-state index in [2.05, 4.69) is 0 Å². The minimum atomic E-state index is -0.124. The quantitative estimate of drug-likeness (QED) is 0.913. The molecule has 0 radical (unpaired) electrons. The molecule has 3 rings (SSSR count). The van der Waals surface area contributed by atoms with Crippen LogP contribution in [0.3, 0.4) is 0 Å². The number of amides is 1. The molecule has 1 amide bonds. The monoisotopic (exact) mass is 345 g/mol. The van der Waals surface area contributed by atoms with Gasteiger partial charge in [0.1, 0.15) is 17.6 Å². The van der Waals surface area contributed by atoms with Gasteiger partial charge >= 0.3 is 0 Å². The second-order valence-electron chi connectivity index (χ2n) is 6.03.